The number of hydrogen-bond donors (Lipinski definition) is 1. The van der Waals surface area contributed by atoms with Crippen molar-refractivity contribution in [2.45, 2.75) is 13.8 Å². The summed E-state index contributed by atoms with van der Waals surface area (Å²) >= 11 is 11.8. The second kappa shape index (κ2) is 4.51. The lowest BCUT2D eigenvalue weighted by Crippen LogP contribution is -1.95. The van der Waals surface area contributed by atoms with Crippen molar-refractivity contribution in [1.29, 1.82) is 0 Å². The molecule has 0 aliphatic carbocycles. The lowest BCUT2D eigenvalue weighted by atomic mass is 10.2. The van der Waals surface area contributed by atoms with E-state index in [1.807, 2.05) is 41.8 Å². The van der Waals surface area contributed by atoms with Crippen LogP contribution in [-0.4, -0.2) is 9.55 Å². The predicted octanol–water partition coefficient (Wildman–Crippen LogP) is 4.96. The van der Waals surface area contributed by atoms with Crippen LogP contribution in [-0.2, 0) is 0 Å². The van der Waals surface area contributed by atoms with Gasteiger partial charge in [0, 0.05) is 0 Å². The number of aryl methyl sites for hydroxylation is 2. The first-order chi connectivity index (χ1) is 9.08. The van der Waals surface area contributed by atoms with E-state index in [0.29, 0.717) is 9.79 Å². The maximum Gasteiger partial charge on any atom is 0.182 e. The summed E-state index contributed by atoms with van der Waals surface area (Å²) < 4.78 is 2.65. The predicted molar refractivity (Wildman–Crippen MR) is 82.9 cm³/mol. The highest BCUT2D eigenvalue weighted by Gasteiger charge is 2.10. The van der Waals surface area contributed by atoms with Gasteiger partial charge in [0.2, 0.25) is 0 Å². The lowest BCUT2D eigenvalue weighted by Gasteiger charge is -2.08. The Labute approximate surface area is 121 Å². The van der Waals surface area contributed by atoms with E-state index < -0.39 is 0 Å². The number of aromatic amines is 1. The third-order valence-electron chi connectivity index (χ3n) is 3.27. The van der Waals surface area contributed by atoms with Crippen molar-refractivity contribution in [3.8, 4) is 5.69 Å². The van der Waals surface area contributed by atoms with Crippen LogP contribution >= 0.6 is 23.8 Å². The zero-order valence-corrected chi connectivity index (χ0v) is 12.3. The van der Waals surface area contributed by atoms with Crippen molar-refractivity contribution in [2.75, 3.05) is 0 Å². The average molecular weight is 289 g/mol. The van der Waals surface area contributed by atoms with Gasteiger partial charge in [-0.1, -0.05) is 29.8 Å². The molecule has 3 aromatic rings. The Morgan fingerprint density at radius 1 is 1.16 bits per heavy atom. The molecule has 0 spiro atoms. The zero-order valence-electron chi connectivity index (χ0n) is 10.7. The first-order valence-electron chi connectivity index (χ1n) is 6.05. The van der Waals surface area contributed by atoms with Gasteiger partial charge in [-0.2, -0.15) is 0 Å². The van der Waals surface area contributed by atoms with Crippen molar-refractivity contribution in [2.24, 2.45) is 0 Å². The summed E-state index contributed by atoms with van der Waals surface area (Å²) in [5.41, 5.74) is 5.33. The van der Waals surface area contributed by atoms with Gasteiger partial charge in [0.1, 0.15) is 0 Å². The fraction of sp³-hybridized carbons (Fsp3) is 0.133. The van der Waals surface area contributed by atoms with E-state index in [1.54, 1.807) is 0 Å². The lowest BCUT2D eigenvalue weighted by molar-refractivity contribution is 1.06. The van der Waals surface area contributed by atoms with Crippen LogP contribution in [0.15, 0.2) is 36.4 Å². The third-order valence-corrected chi connectivity index (χ3v) is 3.86. The minimum Gasteiger partial charge on any atom is -0.330 e. The topological polar surface area (TPSA) is 20.7 Å². The summed E-state index contributed by atoms with van der Waals surface area (Å²) in [7, 11) is 0. The van der Waals surface area contributed by atoms with Crippen LogP contribution in [0.5, 0.6) is 0 Å². The minimum absolute atomic E-state index is 0.662. The molecule has 96 valence electrons. The monoisotopic (exact) mass is 288 g/mol. The average Bonchev–Trinajstić information content (AvgIpc) is 2.68. The largest absolute Gasteiger partial charge is 0.330 e. The van der Waals surface area contributed by atoms with Crippen molar-refractivity contribution in [1.82, 2.24) is 9.55 Å². The number of fused-ring (bicyclic) bond motifs is 1. The van der Waals surface area contributed by atoms with Gasteiger partial charge in [-0.15, -0.1) is 0 Å². The molecule has 0 atom stereocenters. The molecule has 0 bridgehead atoms. The van der Waals surface area contributed by atoms with Crippen LogP contribution in [0.4, 0.5) is 0 Å². The Morgan fingerprint density at radius 3 is 2.68 bits per heavy atom. The molecule has 0 saturated heterocycles. The molecule has 1 heterocycles. The number of aromatic nitrogens is 2. The molecule has 0 radical (unpaired) electrons. The van der Waals surface area contributed by atoms with Gasteiger partial charge in [-0.05, 0) is 55.4 Å². The summed E-state index contributed by atoms with van der Waals surface area (Å²) in [6.45, 7) is 4.09. The van der Waals surface area contributed by atoms with Crippen LogP contribution in [0, 0.1) is 18.6 Å². The van der Waals surface area contributed by atoms with Gasteiger partial charge in [-0.25, -0.2) is 0 Å². The second-order valence-corrected chi connectivity index (χ2v) is 5.48. The summed E-state index contributed by atoms with van der Waals surface area (Å²) in [6, 6.07) is 12.1. The maximum atomic E-state index is 6.35. The molecule has 2 nitrogen and oxygen atoms in total. The fourth-order valence-corrected chi connectivity index (χ4v) is 2.92. The molecule has 0 aliphatic rings. The van der Waals surface area contributed by atoms with Crippen molar-refractivity contribution < 1.29 is 0 Å². The van der Waals surface area contributed by atoms with Crippen LogP contribution in [0.1, 0.15) is 11.1 Å². The Morgan fingerprint density at radius 2 is 1.95 bits per heavy atom. The maximum absolute atomic E-state index is 6.35. The molecular formula is C15H13ClN2S. The molecule has 0 fully saturated rings. The Balaban J connectivity index is 2.40. The number of rotatable bonds is 1. The van der Waals surface area contributed by atoms with Gasteiger partial charge >= 0.3 is 0 Å². The van der Waals surface area contributed by atoms with E-state index in [0.717, 1.165) is 22.3 Å². The van der Waals surface area contributed by atoms with Crippen molar-refractivity contribution in [3.05, 3.63) is 57.3 Å². The molecule has 0 amide bonds. The number of nitrogens with one attached hydrogen (secondary N) is 1. The number of halogens is 1. The van der Waals surface area contributed by atoms with Gasteiger partial charge in [-0.3, -0.25) is 4.57 Å². The summed E-state index contributed by atoms with van der Waals surface area (Å²) in [4.78, 5) is 3.25. The molecule has 3 rings (SSSR count). The summed E-state index contributed by atoms with van der Waals surface area (Å²) in [5.74, 6) is 0. The van der Waals surface area contributed by atoms with Crippen LogP contribution in [0.3, 0.4) is 0 Å². The van der Waals surface area contributed by atoms with E-state index in [1.165, 1.54) is 5.56 Å². The molecule has 1 aromatic heterocycles. The van der Waals surface area contributed by atoms with E-state index in [4.69, 9.17) is 23.8 Å². The molecule has 19 heavy (non-hydrogen) atoms. The van der Waals surface area contributed by atoms with Crippen LogP contribution in [0.25, 0.3) is 16.7 Å². The summed E-state index contributed by atoms with van der Waals surface area (Å²) in [6.07, 6.45) is 0. The smallest absolute Gasteiger partial charge is 0.182 e. The highest BCUT2D eigenvalue weighted by atomic mass is 35.5. The highest BCUT2D eigenvalue weighted by Crippen LogP contribution is 2.27. The number of nitrogens with zero attached hydrogens (tertiary/aromatic N) is 1. The van der Waals surface area contributed by atoms with Gasteiger partial charge < -0.3 is 4.98 Å². The van der Waals surface area contributed by atoms with Gasteiger partial charge in [0.25, 0.3) is 0 Å². The highest BCUT2D eigenvalue weighted by molar-refractivity contribution is 7.71. The fourth-order valence-electron chi connectivity index (χ4n) is 2.31. The summed E-state index contributed by atoms with van der Waals surface area (Å²) in [5, 5.41) is 0.707. The van der Waals surface area contributed by atoms with Gasteiger partial charge in [0.15, 0.2) is 4.77 Å². The second-order valence-electron chi connectivity index (χ2n) is 4.69. The zero-order chi connectivity index (χ0) is 13.6. The number of para-hydroxylation sites is 1. The first-order valence-corrected chi connectivity index (χ1v) is 6.83. The number of benzene rings is 2. The Hall–Kier alpha value is -1.58. The van der Waals surface area contributed by atoms with Crippen LogP contribution < -0.4 is 0 Å². The number of hydrogen-bond acceptors (Lipinski definition) is 1. The van der Waals surface area contributed by atoms with Gasteiger partial charge in [0.05, 0.1) is 21.7 Å². The van der Waals surface area contributed by atoms with Crippen molar-refractivity contribution in [3.63, 3.8) is 0 Å². The van der Waals surface area contributed by atoms with E-state index in [2.05, 4.69) is 18.0 Å². The molecule has 0 unspecified atom stereocenters. The Kier molecular flexibility index (Phi) is 2.96. The molecule has 4 heteroatoms. The Bertz CT molecular complexity index is 830. The molecule has 1 N–H and O–H groups in total. The first kappa shape index (κ1) is 12.5. The van der Waals surface area contributed by atoms with Crippen molar-refractivity contribution >= 4 is 34.9 Å². The third kappa shape index (κ3) is 1.99. The standard InChI is InChI=1S/C15H13ClN2S/c1-9-6-7-12(11(16)8-9)18-13-5-3-4-10(2)14(13)17-15(18)19/h3-8H,1-2H3,(H,17,19). The van der Waals surface area contributed by atoms with E-state index >= 15 is 0 Å². The molecular weight excluding hydrogens is 276 g/mol. The molecule has 0 saturated carbocycles. The van der Waals surface area contributed by atoms with E-state index in [9.17, 15) is 0 Å². The SMILES string of the molecule is Cc1ccc(-n2c(=S)[nH]c3c(C)cccc32)c(Cl)c1. The van der Waals surface area contributed by atoms with Crippen LogP contribution in [0.2, 0.25) is 5.02 Å². The van der Waals surface area contributed by atoms with E-state index in [-0.39, 0.29) is 0 Å². The molecule has 2 aromatic carbocycles. The number of H-pyrrole nitrogens is 1. The molecule has 0 aliphatic heterocycles. The minimum atomic E-state index is 0.662. The number of imidazole rings is 1. The normalized spacial score (nSPS) is 11.1. The quantitative estimate of drug-likeness (QED) is 0.628.